The number of hydrogen-bond donors (Lipinski definition) is 2. The summed E-state index contributed by atoms with van der Waals surface area (Å²) in [6, 6.07) is 12.9. The number of fused-ring (bicyclic) bond motifs is 1. The fraction of sp³-hybridized carbons (Fsp3) is 0.118. The molecule has 7 heteroatoms. The summed E-state index contributed by atoms with van der Waals surface area (Å²) in [5.41, 5.74) is 2.12. The lowest BCUT2D eigenvalue weighted by Gasteiger charge is -2.05. The highest BCUT2D eigenvalue weighted by Crippen LogP contribution is 2.29. The van der Waals surface area contributed by atoms with Gasteiger partial charge in [0.1, 0.15) is 0 Å². The van der Waals surface area contributed by atoms with Gasteiger partial charge in [-0.05, 0) is 36.6 Å². The van der Waals surface area contributed by atoms with Crippen molar-refractivity contribution in [3.63, 3.8) is 0 Å². The maximum Gasteiger partial charge on any atom is 0.258 e. The molecule has 24 heavy (non-hydrogen) atoms. The molecular formula is C17H15N3O2S2. The lowest BCUT2D eigenvalue weighted by Crippen LogP contribution is -2.12. The van der Waals surface area contributed by atoms with Crippen LogP contribution in [-0.4, -0.2) is 23.1 Å². The Balaban J connectivity index is 1.84. The molecule has 0 radical (unpaired) electrons. The van der Waals surface area contributed by atoms with E-state index >= 15 is 0 Å². The average Bonchev–Trinajstić information content (AvgIpc) is 2.95. The maximum absolute atomic E-state index is 12.5. The zero-order valence-corrected chi connectivity index (χ0v) is 14.8. The van der Waals surface area contributed by atoms with Gasteiger partial charge >= 0.3 is 0 Å². The quantitative estimate of drug-likeness (QED) is 0.686. The second-order valence-electron chi connectivity index (χ2n) is 5.04. The van der Waals surface area contributed by atoms with E-state index in [0.717, 1.165) is 15.1 Å². The Kier molecular flexibility index (Phi) is 4.82. The molecule has 0 aliphatic rings. The molecule has 0 saturated carbocycles. The minimum Gasteiger partial charge on any atom is -0.326 e. The van der Waals surface area contributed by atoms with Crippen LogP contribution in [0.3, 0.4) is 0 Å². The molecule has 5 nitrogen and oxygen atoms in total. The van der Waals surface area contributed by atoms with E-state index in [2.05, 4.69) is 15.6 Å². The molecule has 3 rings (SSSR count). The van der Waals surface area contributed by atoms with E-state index in [-0.39, 0.29) is 11.8 Å². The molecule has 1 heterocycles. The van der Waals surface area contributed by atoms with E-state index in [1.807, 2.05) is 36.6 Å². The fourth-order valence-corrected chi connectivity index (χ4v) is 3.75. The average molecular weight is 357 g/mol. The lowest BCUT2D eigenvalue weighted by atomic mass is 10.2. The summed E-state index contributed by atoms with van der Waals surface area (Å²) in [5.74, 6) is -0.304. The number of anilines is 2. The molecule has 2 N–H and O–H groups in total. The molecule has 0 aliphatic heterocycles. The van der Waals surface area contributed by atoms with Gasteiger partial charge in [-0.15, -0.1) is 11.8 Å². The molecule has 0 aliphatic carbocycles. The Morgan fingerprint density at radius 1 is 1.12 bits per heavy atom. The summed E-state index contributed by atoms with van der Waals surface area (Å²) >= 11 is 2.90. The third kappa shape index (κ3) is 3.58. The molecule has 2 amide bonds. The van der Waals surface area contributed by atoms with Gasteiger partial charge in [0.25, 0.3) is 5.91 Å². The highest BCUT2D eigenvalue weighted by atomic mass is 32.2. The predicted octanol–water partition coefficient (Wildman–Crippen LogP) is 4.23. The van der Waals surface area contributed by atoms with Crippen LogP contribution >= 0.6 is 23.1 Å². The van der Waals surface area contributed by atoms with E-state index in [1.54, 1.807) is 12.1 Å². The molecule has 0 fully saturated rings. The topological polar surface area (TPSA) is 71.1 Å². The first-order valence-electron chi connectivity index (χ1n) is 7.19. The molecule has 0 saturated heterocycles. The number of benzene rings is 2. The van der Waals surface area contributed by atoms with E-state index < -0.39 is 0 Å². The van der Waals surface area contributed by atoms with Crippen LogP contribution in [-0.2, 0) is 4.79 Å². The van der Waals surface area contributed by atoms with Crippen LogP contribution in [0.2, 0.25) is 0 Å². The second-order valence-corrected chi connectivity index (χ2v) is 6.92. The first kappa shape index (κ1) is 16.5. The molecule has 0 atom stereocenters. The van der Waals surface area contributed by atoms with Crippen molar-refractivity contribution in [2.75, 3.05) is 16.9 Å². The van der Waals surface area contributed by atoms with Crippen LogP contribution < -0.4 is 10.6 Å². The summed E-state index contributed by atoms with van der Waals surface area (Å²) in [5, 5.41) is 6.12. The SMILES string of the molecule is CSc1ccccc1C(=O)Nc1nc2ccc(NC(C)=O)cc2s1. The molecular weight excluding hydrogens is 342 g/mol. The van der Waals surface area contributed by atoms with Crippen molar-refractivity contribution in [3.8, 4) is 0 Å². The smallest absolute Gasteiger partial charge is 0.258 e. The molecule has 1 aromatic heterocycles. The van der Waals surface area contributed by atoms with Crippen LogP contribution in [0, 0.1) is 0 Å². The number of carbonyl (C=O) groups excluding carboxylic acids is 2. The number of aromatic nitrogens is 1. The van der Waals surface area contributed by atoms with Crippen molar-refractivity contribution in [1.29, 1.82) is 0 Å². The van der Waals surface area contributed by atoms with Gasteiger partial charge in [0.2, 0.25) is 5.91 Å². The van der Waals surface area contributed by atoms with Crippen LogP contribution in [0.1, 0.15) is 17.3 Å². The van der Waals surface area contributed by atoms with Crippen LogP contribution in [0.25, 0.3) is 10.2 Å². The van der Waals surface area contributed by atoms with Gasteiger partial charge in [-0.2, -0.15) is 0 Å². The highest BCUT2D eigenvalue weighted by Gasteiger charge is 2.13. The summed E-state index contributed by atoms with van der Waals surface area (Å²) in [6.07, 6.45) is 1.94. The Morgan fingerprint density at radius 3 is 2.67 bits per heavy atom. The highest BCUT2D eigenvalue weighted by molar-refractivity contribution is 7.98. The first-order valence-corrected chi connectivity index (χ1v) is 9.23. The number of amides is 2. The van der Waals surface area contributed by atoms with Gasteiger partial charge in [-0.3, -0.25) is 14.9 Å². The van der Waals surface area contributed by atoms with Gasteiger partial charge < -0.3 is 5.32 Å². The molecule has 0 spiro atoms. The third-order valence-electron chi connectivity index (χ3n) is 3.28. The largest absolute Gasteiger partial charge is 0.326 e. The summed E-state index contributed by atoms with van der Waals surface area (Å²) in [4.78, 5) is 28.9. The Morgan fingerprint density at radius 2 is 1.92 bits per heavy atom. The normalized spacial score (nSPS) is 10.6. The number of rotatable bonds is 4. The monoisotopic (exact) mass is 357 g/mol. The van der Waals surface area contributed by atoms with Gasteiger partial charge in [0.05, 0.1) is 15.8 Å². The Hall–Kier alpha value is -2.38. The fourth-order valence-electron chi connectivity index (χ4n) is 2.26. The molecule has 0 bridgehead atoms. The number of carbonyl (C=O) groups is 2. The zero-order chi connectivity index (χ0) is 17.1. The van der Waals surface area contributed by atoms with Crippen molar-refractivity contribution in [2.24, 2.45) is 0 Å². The van der Waals surface area contributed by atoms with E-state index in [4.69, 9.17) is 0 Å². The van der Waals surface area contributed by atoms with E-state index in [0.29, 0.717) is 16.4 Å². The molecule has 122 valence electrons. The summed E-state index contributed by atoms with van der Waals surface area (Å²) < 4.78 is 0.898. The number of nitrogens with one attached hydrogen (secondary N) is 2. The van der Waals surface area contributed by atoms with Crippen molar-refractivity contribution in [1.82, 2.24) is 4.98 Å². The lowest BCUT2D eigenvalue weighted by molar-refractivity contribution is -0.114. The van der Waals surface area contributed by atoms with Crippen molar-refractivity contribution < 1.29 is 9.59 Å². The van der Waals surface area contributed by atoms with E-state index in [9.17, 15) is 9.59 Å². The molecule has 2 aromatic carbocycles. The van der Waals surface area contributed by atoms with Crippen molar-refractivity contribution in [2.45, 2.75) is 11.8 Å². The van der Waals surface area contributed by atoms with Crippen LogP contribution in [0.4, 0.5) is 10.8 Å². The molecule has 0 unspecified atom stereocenters. The predicted molar refractivity (Wildman–Crippen MR) is 100 cm³/mol. The minimum atomic E-state index is -0.180. The van der Waals surface area contributed by atoms with Gasteiger partial charge in [0, 0.05) is 17.5 Å². The Labute approximate surface area is 147 Å². The standard InChI is InChI=1S/C17H15N3O2S2/c1-10(21)18-11-7-8-13-15(9-11)24-17(19-13)20-16(22)12-5-3-4-6-14(12)23-2/h3-9H,1-2H3,(H,18,21)(H,19,20,22). The van der Waals surface area contributed by atoms with Gasteiger partial charge in [-0.25, -0.2) is 4.98 Å². The zero-order valence-electron chi connectivity index (χ0n) is 13.1. The van der Waals surface area contributed by atoms with Crippen LogP contribution in [0.15, 0.2) is 47.4 Å². The van der Waals surface area contributed by atoms with Crippen molar-refractivity contribution in [3.05, 3.63) is 48.0 Å². The number of thiazole rings is 1. The van der Waals surface area contributed by atoms with Crippen LogP contribution in [0.5, 0.6) is 0 Å². The second kappa shape index (κ2) is 7.02. The Bertz CT molecular complexity index is 921. The van der Waals surface area contributed by atoms with Gasteiger partial charge in [-0.1, -0.05) is 23.5 Å². The summed E-state index contributed by atoms with van der Waals surface area (Å²) in [6.45, 7) is 1.46. The first-order chi connectivity index (χ1) is 11.6. The van der Waals surface area contributed by atoms with Crippen molar-refractivity contribution >= 4 is 55.9 Å². The third-order valence-corrected chi connectivity index (χ3v) is 5.01. The summed E-state index contributed by atoms with van der Waals surface area (Å²) in [7, 11) is 0. The molecule has 3 aromatic rings. The van der Waals surface area contributed by atoms with E-state index in [1.165, 1.54) is 30.0 Å². The number of thioether (sulfide) groups is 1. The number of hydrogen-bond acceptors (Lipinski definition) is 5. The number of nitrogens with zero attached hydrogens (tertiary/aromatic N) is 1. The maximum atomic E-state index is 12.5. The minimum absolute atomic E-state index is 0.124. The van der Waals surface area contributed by atoms with Gasteiger partial charge in [0.15, 0.2) is 5.13 Å².